The Labute approximate surface area is 534 Å². The van der Waals surface area contributed by atoms with E-state index in [1.54, 1.807) is 48.5 Å². The van der Waals surface area contributed by atoms with Gasteiger partial charge in [-0.25, -0.2) is 13.2 Å². The first-order chi connectivity index (χ1) is 42.2. The van der Waals surface area contributed by atoms with Crippen molar-refractivity contribution in [1.82, 2.24) is 10.2 Å². The maximum Gasteiger partial charge on any atom is 0.573 e. The van der Waals surface area contributed by atoms with Crippen LogP contribution in [0.3, 0.4) is 0 Å². The van der Waals surface area contributed by atoms with Crippen LogP contribution < -0.4 is 10.1 Å². The van der Waals surface area contributed by atoms with E-state index in [1.165, 1.54) is 49.0 Å². The van der Waals surface area contributed by atoms with E-state index in [-0.39, 0.29) is 61.0 Å². The van der Waals surface area contributed by atoms with E-state index >= 15 is 9.59 Å². The van der Waals surface area contributed by atoms with Crippen LogP contribution in [0.1, 0.15) is 136 Å². The second kappa shape index (κ2) is 32.9. The fourth-order valence-corrected chi connectivity index (χ4v) is 14.2. The molecule has 28 heteroatoms. The monoisotopic (exact) mass is 1330 g/mol. The van der Waals surface area contributed by atoms with Gasteiger partial charge in [-0.2, -0.15) is 0 Å². The minimum absolute atomic E-state index is 0.0608. The first-order valence-electron chi connectivity index (χ1n) is 31.4. The van der Waals surface area contributed by atoms with Crippen molar-refractivity contribution in [3.05, 3.63) is 24.3 Å². The summed E-state index contributed by atoms with van der Waals surface area (Å²) in [5, 5.41) is 29.7. The summed E-state index contributed by atoms with van der Waals surface area (Å²) < 4.78 is 140. The highest BCUT2D eigenvalue weighted by Crippen LogP contribution is 2.41. The molecule has 4 aliphatic heterocycles. The molecule has 3 N–H and O–H groups in total. The number of aliphatic hydroxyl groups is 2. The fraction of sp³-hybridized carbons (Fsp3) is 0.825. The Morgan fingerprint density at radius 2 is 1.47 bits per heavy atom. The van der Waals surface area contributed by atoms with E-state index in [2.05, 4.69) is 20.1 Å². The summed E-state index contributed by atoms with van der Waals surface area (Å²) in [4.78, 5) is 67.4. The third-order valence-electron chi connectivity index (χ3n) is 17.8. The van der Waals surface area contributed by atoms with Gasteiger partial charge >= 0.3 is 24.4 Å². The van der Waals surface area contributed by atoms with Gasteiger partial charge in [0.05, 0.1) is 65.3 Å². The number of methoxy groups -OCH3 is 2. The molecule has 0 spiro atoms. The van der Waals surface area contributed by atoms with Crippen LogP contribution in [0.15, 0.2) is 34.3 Å². The predicted molar refractivity (Wildman–Crippen MR) is 324 cm³/mol. The number of likely N-dealkylation sites (N-methyl/N-ethyl adjacent to an activating group) is 1. The highest BCUT2D eigenvalue weighted by Gasteiger charge is 2.53. The molecule has 24 nitrogen and oxygen atoms in total. The highest BCUT2D eigenvalue weighted by molar-refractivity contribution is 7.91. The lowest BCUT2D eigenvalue weighted by Crippen LogP contribution is -2.59. The fourth-order valence-electron chi connectivity index (χ4n) is 12.7. The molecule has 4 aliphatic rings. The number of aliphatic hydroxyl groups excluding tert-OH is 2. The molecule has 1 amide bonds. The van der Waals surface area contributed by atoms with Gasteiger partial charge in [0.2, 0.25) is 0 Å². The number of cyclic esters (lactones) is 1. The van der Waals surface area contributed by atoms with Crippen LogP contribution in [0, 0.1) is 41.4 Å². The number of rotatable bonds is 21. The van der Waals surface area contributed by atoms with Crippen molar-refractivity contribution >= 4 is 39.4 Å². The van der Waals surface area contributed by atoms with Gasteiger partial charge in [-0.05, 0) is 111 Å². The molecule has 91 heavy (non-hydrogen) atoms. The summed E-state index contributed by atoms with van der Waals surface area (Å²) in [7, 11) is 1.95. The van der Waals surface area contributed by atoms with Crippen molar-refractivity contribution < 1.29 is 113 Å². The molecule has 1 unspecified atom stereocenters. The minimum atomic E-state index is -5.01. The van der Waals surface area contributed by atoms with E-state index in [0.29, 0.717) is 13.0 Å². The topological polar surface area (TPSA) is 290 Å². The SMILES string of the molecule is CO/N=C1\C[C@@H](C)O[C@@H](O[C@@H]2[C@@H](C)[C@H](O[C@H]3CC(C)N(C)C[C@H](C)O3)[C@@H](C)C(=O)O[C@H]([C@@H](C)CO[C@@H]3O[C@H](C)[C@@H](O)[C@@H](OC)[C@H]3OC)[C@H](C)[C@@H](OC(=O)CC(C)C)[C@@H](C)C(=O)[C@@](C)(OC(=O)NC(C)(C)CCS(=O)(=O)c3ccc(OC(F)(F)F)cc3)C[C@@H]2C)[C@@H]1O. The minimum Gasteiger partial charge on any atom is -0.461 e. The Bertz CT molecular complexity index is 2670. The first kappa shape index (κ1) is 77.4. The van der Waals surface area contributed by atoms with Crippen LogP contribution in [-0.2, 0) is 81.2 Å². The summed E-state index contributed by atoms with van der Waals surface area (Å²) in [5.74, 6) is -9.82. The molecule has 1 aromatic rings. The number of sulfone groups is 1. The van der Waals surface area contributed by atoms with Crippen molar-refractivity contribution in [1.29, 1.82) is 0 Å². The molecule has 5 rings (SSSR count). The number of Topliss-reactive ketones (excluding diaryl/α,β-unsaturated/α-hetero) is 1. The second-order valence-electron chi connectivity index (χ2n) is 26.8. The maximum absolute atomic E-state index is 16.1. The third-order valence-corrected chi connectivity index (χ3v) is 19.5. The molecule has 0 radical (unpaired) electrons. The molecule has 4 fully saturated rings. The lowest BCUT2D eigenvalue weighted by Gasteiger charge is -2.45. The van der Waals surface area contributed by atoms with Crippen LogP contribution in [0.4, 0.5) is 18.0 Å². The summed E-state index contributed by atoms with van der Waals surface area (Å²) >= 11 is 0. The Morgan fingerprint density at radius 1 is 0.835 bits per heavy atom. The average Bonchev–Trinajstić information content (AvgIpc) is 1.05. The maximum atomic E-state index is 16.1. The van der Waals surface area contributed by atoms with Gasteiger partial charge in [0.25, 0.3) is 0 Å². The second-order valence-corrected chi connectivity index (χ2v) is 28.9. The number of nitrogens with zero attached hydrogens (tertiary/aromatic N) is 2. The molecule has 0 aromatic heterocycles. The number of alkyl carbamates (subject to hydrolysis) is 1. The summed E-state index contributed by atoms with van der Waals surface area (Å²) in [6, 6.07) is 3.63. The molecule has 0 bridgehead atoms. The number of carbonyl (C=O) groups excluding carboxylic acids is 4. The number of nitrogens with one attached hydrogen (secondary N) is 1. The number of oxime groups is 1. The number of ether oxygens (including phenoxy) is 12. The lowest BCUT2D eigenvalue weighted by atomic mass is 9.74. The normalized spacial score (nSPS) is 36.4. The standard InChI is InChI=1S/C63H102F3N3O21S/c1-32(2)26-46(70)85-52-39(9)51(34(4)31-81-59-55(79-18)54(78-17)48(71)42(12)84-59)87-57(74)41(11)53(86-47-27-35(5)69(16)30-37(7)82-47)38(8)50(88-58-49(72)45(68-80-19)28-36(6)83-58)33(3)29-62(15,56(73)40(52)10)90-60(75)67-61(13,14)24-25-91(76,77)44-22-20-43(21-23-44)89-63(64,65)66/h20-23,32-42,47-55,58-59,71-72H,24-31H2,1-19H3,(H,67,75)/b68-45+/t33-,34-,35?,36+,37-,38+,39-,40+,41+,42+,47-,48+,49+,50-,51+,52+,53-,54+,55+,58-,59+,62-/m0/s1. The zero-order valence-corrected chi connectivity index (χ0v) is 57.1. The number of halogens is 3. The number of ketones is 1. The summed E-state index contributed by atoms with van der Waals surface area (Å²) in [6.45, 7) is 25.8. The lowest BCUT2D eigenvalue weighted by molar-refractivity contribution is -0.305. The zero-order valence-electron chi connectivity index (χ0n) is 56.3. The number of hydrogen-bond acceptors (Lipinski definition) is 23. The highest BCUT2D eigenvalue weighted by atomic mass is 32.2. The Morgan fingerprint density at radius 3 is 2.07 bits per heavy atom. The molecular weight excluding hydrogens is 1220 g/mol. The molecule has 1 aromatic carbocycles. The van der Waals surface area contributed by atoms with Crippen molar-refractivity contribution in [2.75, 3.05) is 47.3 Å². The zero-order chi connectivity index (χ0) is 68.4. The molecule has 22 atom stereocenters. The van der Waals surface area contributed by atoms with Gasteiger partial charge < -0.3 is 82.1 Å². The molecule has 522 valence electrons. The van der Waals surface area contributed by atoms with Crippen LogP contribution >= 0.6 is 0 Å². The number of alkyl halides is 3. The van der Waals surface area contributed by atoms with E-state index in [0.717, 1.165) is 24.3 Å². The van der Waals surface area contributed by atoms with Gasteiger partial charge in [0.1, 0.15) is 49.5 Å². The van der Waals surface area contributed by atoms with E-state index < -0.39 is 178 Å². The Kier molecular flexibility index (Phi) is 28.0. The summed E-state index contributed by atoms with van der Waals surface area (Å²) in [5.41, 5.74) is -3.38. The first-order valence-corrected chi connectivity index (χ1v) is 33.1. The van der Waals surface area contributed by atoms with Gasteiger partial charge in [0, 0.05) is 69.4 Å². The van der Waals surface area contributed by atoms with E-state index in [4.69, 9.17) is 56.9 Å². The predicted octanol–water partition coefficient (Wildman–Crippen LogP) is 7.55. The van der Waals surface area contributed by atoms with Gasteiger partial charge in [-0.15, -0.1) is 13.2 Å². The number of esters is 2. The van der Waals surface area contributed by atoms with Crippen LogP contribution in [0.2, 0.25) is 0 Å². The smallest absolute Gasteiger partial charge is 0.461 e. The molecule has 4 saturated heterocycles. The van der Waals surface area contributed by atoms with Crippen molar-refractivity contribution in [2.45, 2.75) is 250 Å². The number of benzene rings is 1. The van der Waals surface area contributed by atoms with Crippen LogP contribution in [0.25, 0.3) is 0 Å². The van der Waals surface area contributed by atoms with Gasteiger partial charge in [-0.1, -0.05) is 53.6 Å². The van der Waals surface area contributed by atoms with Crippen LogP contribution in [0.5, 0.6) is 5.75 Å². The molecule has 4 heterocycles. The average molecular weight is 1330 g/mol. The Hall–Kier alpha value is -4.33. The molecular formula is C63H102F3N3O21S. The van der Waals surface area contributed by atoms with Crippen LogP contribution in [-0.4, -0.2) is 210 Å². The third kappa shape index (κ3) is 21.1. The van der Waals surface area contributed by atoms with E-state index in [1.807, 2.05) is 34.7 Å². The molecule has 0 aliphatic carbocycles. The number of hydrogen-bond donors (Lipinski definition) is 3. The summed E-state index contributed by atoms with van der Waals surface area (Å²) in [6.07, 6.45) is -20.8. The van der Waals surface area contributed by atoms with E-state index in [9.17, 15) is 41.4 Å². The molecule has 0 saturated carbocycles. The van der Waals surface area contributed by atoms with Crippen molar-refractivity contribution in [3.8, 4) is 5.75 Å². The number of carbonyl (C=O) groups is 4. The largest absolute Gasteiger partial charge is 0.573 e. The van der Waals surface area contributed by atoms with Crippen molar-refractivity contribution in [2.24, 2.45) is 46.6 Å². The van der Waals surface area contributed by atoms with Gasteiger partial charge in [0.15, 0.2) is 40.1 Å². The quantitative estimate of drug-likeness (QED) is 0.0608. The van der Waals surface area contributed by atoms with Crippen molar-refractivity contribution in [3.63, 3.8) is 0 Å². The number of amides is 1. The van der Waals surface area contributed by atoms with Gasteiger partial charge in [-0.3, -0.25) is 14.4 Å². The Balaban J connectivity index is 1.68.